The zero-order chi connectivity index (χ0) is 26.4. The molecule has 1 aromatic rings. The molecule has 2 aliphatic rings. The van der Waals surface area contributed by atoms with Crippen LogP contribution < -0.4 is 0 Å². The highest BCUT2D eigenvalue weighted by Gasteiger charge is 2.72. The molecule has 1 aromatic carbocycles. The summed E-state index contributed by atoms with van der Waals surface area (Å²) in [7, 11) is -1.36. The van der Waals surface area contributed by atoms with Gasteiger partial charge in [0.1, 0.15) is 22.9 Å². The number of hydrogen-bond donors (Lipinski definition) is 1. The van der Waals surface area contributed by atoms with Crippen molar-refractivity contribution >= 4 is 53.0 Å². The van der Waals surface area contributed by atoms with Crippen molar-refractivity contribution in [3.05, 3.63) is 34.1 Å². The van der Waals surface area contributed by atoms with Gasteiger partial charge in [0.05, 0.1) is 5.54 Å². The monoisotopic (exact) mass is 588 g/mol. The maximum atomic E-state index is 15.0. The molecule has 1 heterocycles. The molecule has 1 fully saturated rings. The zero-order valence-corrected chi connectivity index (χ0v) is 24.7. The summed E-state index contributed by atoms with van der Waals surface area (Å²) in [4.78, 5) is 31.7. The van der Waals surface area contributed by atoms with Gasteiger partial charge < -0.3 is 14.6 Å². The van der Waals surface area contributed by atoms with Crippen LogP contribution in [0.25, 0.3) is 0 Å². The average Bonchev–Trinajstić information content (AvgIpc) is 3.45. The predicted octanol–water partition coefficient (Wildman–Crippen LogP) is 6.30. The van der Waals surface area contributed by atoms with Gasteiger partial charge >= 0.3 is 12.1 Å². The highest BCUT2D eigenvalue weighted by Crippen LogP contribution is 2.66. The molecule has 35 heavy (non-hydrogen) atoms. The molecule has 3 rings (SSSR count). The number of amidine groups is 1. The van der Waals surface area contributed by atoms with E-state index in [1.165, 1.54) is 11.0 Å². The first-order valence-electron chi connectivity index (χ1n) is 11.5. The standard InChI is InChI=1S/C24H34BrFN2O5SSi/c1-22(2,3)33-21(31)28(14-32-10-11-35(5,6)7)20-27-23(4,16-12-15(25)8-9-17(16)26)18-13-24(18,34-20)19(29)30/h8-9,12,18H,10-11,13-14H2,1-7H3,(H,29,30)/t18-,23+,24-/m0/s1. The number of rotatable bonds is 7. The quantitative estimate of drug-likeness (QED) is 0.228. The summed E-state index contributed by atoms with van der Waals surface area (Å²) >= 11 is 4.40. The molecule has 1 amide bonds. The number of carboxylic acid groups (broad SMARTS) is 1. The molecule has 0 spiro atoms. The number of carbonyl (C=O) groups excluding carboxylic acids is 1. The van der Waals surface area contributed by atoms with Crippen LogP contribution in [0, 0.1) is 11.7 Å². The Morgan fingerprint density at radius 2 is 2.00 bits per heavy atom. The normalized spacial score (nSPS) is 26.0. The first-order valence-corrected chi connectivity index (χ1v) is 16.9. The third-order valence-corrected chi connectivity index (χ3v) is 9.77. The summed E-state index contributed by atoms with van der Waals surface area (Å²) in [6.45, 7) is 14.0. The topological polar surface area (TPSA) is 88.4 Å². The van der Waals surface area contributed by atoms with Gasteiger partial charge in [0.2, 0.25) is 0 Å². The number of aliphatic carboxylic acids is 1. The fraction of sp³-hybridized carbons (Fsp3) is 0.625. The van der Waals surface area contributed by atoms with Gasteiger partial charge in [0, 0.05) is 30.6 Å². The molecule has 1 N–H and O–H groups in total. The largest absolute Gasteiger partial charge is 0.480 e. The smallest absolute Gasteiger partial charge is 0.418 e. The molecular weight excluding hydrogens is 555 g/mol. The Kier molecular flexibility index (Phi) is 7.87. The van der Waals surface area contributed by atoms with E-state index in [1.54, 1.807) is 39.8 Å². The van der Waals surface area contributed by atoms with Crippen molar-refractivity contribution in [1.82, 2.24) is 4.90 Å². The third kappa shape index (κ3) is 6.29. The van der Waals surface area contributed by atoms with Crippen LogP contribution in [0.1, 0.15) is 39.7 Å². The number of ether oxygens (including phenoxy) is 2. The van der Waals surface area contributed by atoms with Gasteiger partial charge in [-0.1, -0.05) is 47.3 Å². The SMILES string of the molecule is CC(C)(C)OC(=O)N(COCC[Si](C)(C)C)C1=N[C@](C)(c2cc(Br)ccc2F)[C@@H]2C[C@]2(C(=O)O)S1. The predicted molar refractivity (Wildman–Crippen MR) is 142 cm³/mol. The van der Waals surface area contributed by atoms with E-state index >= 15 is 4.39 Å². The second kappa shape index (κ2) is 9.79. The molecule has 11 heteroatoms. The Morgan fingerprint density at radius 3 is 2.57 bits per heavy atom. The molecular formula is C24H34BrFN2O5SSi. The summed E-state index contributed by atoms with van der Waals surface area (Å²) in [5.74, 6) is -1.92. The van der Waals surface area contributed by atoms with E-state index in [2.05, 4.69) is 35.6 Å². The van der Waals surface area contributed by atoms with Gasteiger partial charge in [0.25, 0.3) is 0 Å². The second-order valence-electron chi connectivity index (χ2n) is 11.5. The lowest BCUT2D eigenvalue weighted by atomic mass is 9.86. The number of halogens is 2. The van der Waals surface area contributed by atoms with Gasteiger partial charge in [-0.05, 0) is 58.4 Å². The van der Waals surface area contributed by atoms with E-state index in [0.717, 1.165) is 17.8 Å². The molecule has 0 bridgehead atoms. The second-order valence-corrected chi connectivity index (χ2v) is 19.3. The number of hydrogen-bond acceptors (Lipinski definition) is 6. The van der Waals surface area contributed by atoms with E-state index < -0.39 is 47.8 Å². The Balaban J connectivity index is 2.03. The van der Waals surface area contributed by atoms with Crippen LogP contribution >= 0.6 is 27.7 Å². The maximum absolute atomic E-state index is 15.0. The van der Waals surface area contributed by atoms with Gasteiger partial charge in [-0.15, -0.1) is 0 Å². The Morgan fingerprint density at radius 1 is 1.34 bits per heavy atom. The van der Waals surface area contributed by atoms with Crippen LogP contribution in [0.15, 0.2) is 27.7 Å². The van der Waals surface area contributed by atoms with E-state index in [0.29, 0.717) is 17.5 Å². The minimum Gasteiger partial charge on any atom is -0.480 e. The molecule has 1 saturated carbocycles. The summed E-state index contributed by atoms with van der Waals surface area (Å²) in [6.07, 6.45) is -0.380. The summed E-state index contributed by atoms with van der Waals surface area (Å²) in [5, 5.41) is 10.3. The van der Waals surface area contributed by atoms with E-state index in [9.17, 15) is 14.7 Å². The van der Waals surface area contributed by atoms with E-state index in [4.69, 9.17) is 14.5 Å². The highest BCUT2D eigenvalue weighted by molar-refractivity contribution is 9.10. The number of nitrogens with zero attached hydrogens (tertiary/aromatic N) is 2. The van der Waals surface area contributed by atoms with Crippen molar-refractivity contribution < 1.29 is 28.6 Å². The fourth-order valence-electron chi connectivity index (χ4n) is 4.04. The fourth-order valence-corrected chi connectivity index (χ4v) is 6.66. The minimum absolute atomic E-state index is 0.136. The van der Waals surface area contributed by atoms with Crippen LogP contribution in [-0.4, -0.2) is 59.0 Å². The Hall–Kier alpha value is -1.43. The number of aliphatic imine (C=N–C) groups is 1. The summed E-state index contributed by atoms with van der Waals surface area (Å²) in [6, 6.07) is 5.44. The number of benzene rings is 1. The first-order chi connectivity index (χ1) is 16.0. The molecule has 0 radical (unpaired) electrons. The summed E-state index contributed by atoms with van der Waals surface area (Å²) < 4.78 is 25.9. The van der Waals surface area contributed by atoms with Crippen molar-refractivity contribution in [3.63, 3.8) is 0 Å². The average molecular weight is 590 g/mol. The number of carbonyl (C=O) groups is 2. The van der Waals surface area contributed by atoms with Crippen molar-refractivity contribution in [2.45, 2.75) is 75.7 Å². The number of carboxylic acids is 1. The van der Waals surface area contributed by atoms with Crippen LogP contribution in [0.2, 0.25) is 25.7 Å². The lowest BCUT2D eigenvalue weighted by Gasteiger charge is -2.37. The highest BCUT2D eigenvalue weighted by atomic mass is 79.9. The zero-order valence-electron chi connectivity index (χ0n) is 21.3. The molecule has 1 aliphatic carbocycles. The molecule has 0 unspecified atom stereocenters. The number of amides is 1. The van der Waals surface area contributed by atoms with Gasteiger partial charge in [-0.3, -0.25) is 9.79 Å². The molecule has 1 aliphatic heterocycles. The molecule has 194 valence electrons. The lowest BCUT2D eigenvalue weighted by Crippen LogP contribution is -2.47. The molecule has 3 atom stereocenters. The lowest BCUT2D eigenvalue weighted by molar-refractivity contribution is -0.137. The third-order valence-electron chi connectivity index (χ3n) is 6.09. The van der Waals surface area contributed by atoms with Crippen molar-refractivity contribution in [2.75, 3.05) is 13.3 Å². The first kappa shape index (κ1) is 28.1. The van der Waals surface area contributed by atoms with Crippen molar-refractivity contribution in [3.8, 4) is 0 Å². The van der Waals surface area contributed by atoms with Gasteiger partial charge in [-0.25, -0.2) is 14.1 Å². The van der Waals surface area contributed by atoms with E-state index in [1.807, 2.05) is 0 Å². The molecule has 0 saturated heterocycles. The maximum Gasteiger partial charge on any atom is 0.418 e. The van der Waals surface area contributed by atoms with Crippen LogP contribution in [-0.2, 0) is 19.8 Å². The number of thioether (sulfide) groups is 1. The van der Waals surface area contributed by atoms with Crippen LogP contribution in [0.4, 0.5) is 9.18 Å². The van der Waals surface area contributed by atoms with Gasteiger partial charge in [0.15, 0.2) is 5.17 Å². The van der Waals surface area contributed by atoms with Crippen LogP contribution in [0.3, 0.4) is 0 Å². The minimum atomic E-state index is -1.36. The molecule has 7 nitrogen and oxygen atoms in total. The Labute approximate surface area is 220 Å². The summed E-state index contributed by atoms with van der Waals surface area (Å²) in [5.41, 5.74) is -1.69. The van der Waals surface area contributed by atoms with Gasteiger partial charge in [-0.2, -0.15) is 0 Å². The molecule has 0 aromatic heterocycles. The number of fused-ring (bicyclic) bond motifs is 1. The Bertz CT molecular complexity index is 1040. The van der Waals surface area contributed by atoms with Crippen molar-refractivity contribution in [2.24, 2.45) is 10.9 Å². The van der Waals surface area contributed by atoms with E-state index in [-0.39, 0.29) is 17.5 Å². The van der Waals surface area contributed by atoms with Crippen molar-refractivity contribution in [1.29, 1.82) is 0 Å². The van der Waals surface area contributed by atoms with Crippen LogP contribution in [0.5, 0.6) is 0 Å².